The molecule has 1 aromatic heterocycles. The maximum atomic E-state index is 12.1. The van der Waals surface area contributed by atoms with Gasteiger partial charge in [0.1, 0.15) is 0 Å². The molecule has 0 unspecified atom stereocenters. The summed E-state index contributed by atoms with van der Waals surface area (Å²) >= 11 is 0. The molecule has 0 aliphatic heterocycles. The Morgan fingerprint density at radius 3 is 2.32 bits per heavy atom. The van der Waals surface area contributed by atoms with Gasteiger partial charge in [-0.15, -0.1) is 0 Å². The molecule has 0 bridgehead atoms. The van der Waals surface area contributed by atoms with Gasteiger partial charge in [0.15, 0.2) is 5.82 Å². The van der Waals surface area contributed by atoms with Gasteiger partial charge in [-0.2, -0.15) is 0 Å². The number of hydrogen-bond acceptors (Lipinski definition) is 3. The highest BCUT2D eigenvalue weighted by Crippen LogP contribution is 2.13. The van der Waals surface area contributed by atoms with Gasteiger partial charge < -0.3 is 10.3 Å². The van der Waals surface area contributed by atoms with Crippen LogP contribution >= 0.6 is 0 Å². The maximum absolute atomic E-state index is 12.1. The van der Waals surface area contributed by atoms with E-state index in [-0.39, 0.29) is 5.56 Å². The third-order valence-electron chi connectivity index (χ3n) is 3.42. The number of aromatic nitrogens is 2. The molecule has 22 heavy (non-hydrogen) atoms. The lowest BCUT2D eigenvalue weighted by atomic mass is 10.1. The van der Waals surface area contributed by atoms with E-state index in [9.17, 15) is 4.79 Å². The van der Waals surface area contributed by atoms with Gasteiger partial charge in [-0.25, -0.2) is 4.98 Å². The summed E-state index contributed by atoms with van der Waals surface area (Å²) in [6, 6.07) is 19.8. The molecule has 3 rings (SSSR count). The molecule has 1 heterocycles. The van der Waals surface area contributed by atoms with Crippen molar-refractivity contribution < 1.29 is 0 Å². The molecule has 0 saturated carbocycles. The van der Waals surface area contributed by atoms with E-state index in [2.05, 4.69) is 27.4 Å². The first-order valence-electron chi connectivity index (χ1n) is 7.25. The quantitative estimate of drug-likeness (QED) is 0.759. The van der Waals surface area contributed by atoms with Crippen LogP contribution in [0.2, 0.25) is 0 Å². The Kier molecular flexibility index (Phi) is 4.30. The number of anilines is 1. The van der Waals surface area contributed by atoms with Crippen molar-refractivity contribution in [2.45, 2.75) is 6.42 Å². The van der Waals surface area contributed by atoms with Crippen molar-refractivity contribution in [3.8, 4) is 11.3 Å². The molecule has 0 spiro atoms. The van der Waals surface area contributed by atoms with Crippen LogP contribution in [0, 0.1) is 0 Å². The van der Waals surface area contributed by atoms with Crippen LogP contribution in [-0.2, 0) is 6.42 Å². The number of rotatable bonds is 5. The molecule has 0 aliphatic carbocycles. The zero-order valence-electron chi connectivity index (χ0n) is 12.1. The number of hydrogen-bond donors (Lipinski definition) is 2. The van der Waals surface area contributed by atoms with E-state index in [1.807, 2.05) is 48.5 Å². The highest BCUT2D eigenvalue weighted by atomic mass is 16.1. The smallest absolute Gasteiger partial charge is 0.291 e. The lowest BCUT2D eigenvalue weighted by Crippen LogP contribution is -2.18. The minimum Gasteiger partial charge on any atom is -0.365 e. The lowest BCUT2D eigenvalue weighted by molar-refractivity contribution is 0.991. The number of benzene rings is 2. The number of nitrogens with one attached hydrogen (secondary N) is 2. The summed E-state index contributed by atoms with van der Waals surface area (Å²) in [5, 5.41) is 3.09. The van der Waals surface area contributed by atoms with E-state index in [0.29, 0.717) is 12.4 Å². The van der Waals surface area contributed by atoms with Crippen molar-refractivity contribution >= 4 is 5.82 Å². The van der Waals surface area contributed by atoms with Crippen LogP contribution < -0.4 is 10.9 Å². The SMILES string of the molecule is O=c1[nH]c(-c2ccccc2)cnc1NCCc1ccccc1. The molecule has 0 atom stereocenters. The first kappa shape index (κ1) is 14.1. The second kappa shape index (κ2) is 6.72. The first-order chi connectivity index (χ1) is 10.8. The molecule has 0 saturated heterocycles. The fourth-order valence-electron chi connectivity index (χ4n) is 2.26. The Morgan fingerprint density at radius 1 is 0.955 bits per heavy atom. The predicted octanol–water partition coefficient (Wildman–Crippen LogP) is 3.09. The summed E-state index contributed by atoms with van der Waals surface area (Å²) in [6.07, 6.45) is 2.53. The normalized spacial score (nSPS) is 10.4. The second-order valence-corrected chi connectivity index (χ2v) is 5.00. The summed E-state index contributed by atoms with van der Waals surface area (Å²) in [7, 11) is 0. The van der Waals surface area contributed by atoms with Crippen molar-refractivity contribution in [1.82, 2.24) is 9.97 Å². The Labute approximate surface area is 128 Å². The van der Waals surface area contributed by atoms with Crippen LogP contribution in [0.5, 0.6) is 0 Å². The van der Waals surface area contributed by atoms with E-state index in [1.54, 1.807) is 6.20 Å². The average Bonchev–Trinajstić information content (AvgIpc) is 2.58. The summed E-state index contributed by atoms with van der Waals surface area (Å²) in [6.45, 7) is 0.671. The van der Waals surface area contributed by atoms with Crippen molar-refractivity contribution in [1.29, 1.82) is 0 Å². The Hall–Kier alpha value is -2.88. The molecule has 110 valence electrons. The standard InChI is InChI=1S/C18H17N3O/c22-18-17(19-12-11-14-7-3-1-4-8-14)20-13-16(21-18)15-9-5-2-6-10-15/h1-10,13H,11-12H2,(H,19,20)(H,21,22). The van der Waals surface area contributed by atoms with Crippen LogP contribution in [0.3, 0.4) is 0 Å². The summed E-state index contributed by atoms with van der Waals surface area (Å²) < 4.78 is 0. The first-order valence-corrected chi connectivity index (χ1v) is 7.25. The van der Waals surface area contributed by atoms with Crippen LogP contribution in [0.15, 0.2) is 71.7 Å². The minimum atomic E-state index is -0.200. The number of H-pyrrole nitrogens is 1. The third kappa shape index (κ3) is 3.41. The predicted molar refractivity (Wildman–Crippen MR) is 88.9 cm³/mol. The molecule has 4 heteroatoms. The molecular weight excluding hydrogens is 274 g/mol. The van der Waals surface area contributed by atoms with Gasteiger partial charge in [0, 0.05) is 6.54 Å². The van der Waals surface area contributed by atoms with Crippen molar-refractivity contribution in [3.63, 3.8) is 0 Å². The number of aromatic amines is 1. The van der Waals surface area contributed by atoms with Crippen molar-refractivity contribution in [3.05, 3.63) is 82.8 Å². The van der Waals surface area contributed by atoms with Crippen LogP contribution in [0.4, 0.5) is 5.82 Å². The topological polar surface area (TPSA) is 57.8 Å². The van der Waals surface area contributed by atoms with Gasteiger partial charge in [-0.05, 0) is 17.5 Å². The van der Waals surface area contributed by atoms with Gasteiger partial charge in [0.25, 0.3) is 5.56 Å². The molecule has 2 N–H and O–H groups in total. The van der Waals surface area contributed by atoms with Gasteiger partial charge in [-0.3, -0.25) is 4.79 Å². The van der Waals surface area contributed by atoms with E-state index < -0.39 is 0 Å². The fraction of sp³-hybridized carbons (Fsp3) is 0.111. The minimum absolute atomic E-state index is 0.200. The zero-order chi connectivity index (χ0) is 15.2. The Morgan fingerprint density at radius 2 is 1.64 bits per heavy atom. The van der Waals surface area contributed by atoms with Crippen LogP contribution in [0.25, 0.3) is 11.3 Å². The third-order valence-corrected chi connectivity index (χ3v) is 3.42. The van der Waals surface area contributed by atoms with Gasteiger partial charge in [0.05, 0.1) is 11.9 Å². The summed E-state index contributed by atoms with van der Waals surface area (Å²) in [5.74, 6) is 0.357. The van der Waals surface area contributed by atoms with Crippen LogP contribution in [0.1, 0.15) is 5.56 Å². The van der Waals surface area contributed by atoms with E-state index >= 15 is 0 Å². The highest BCUT2D eigenvalue weighted by molar-refractivity contribution is 5.58. The molecule has 2 aromatic carbocycles. The fourth-order valence-corrected chi connectivity index (χ4v) is 2.26. The summed E-state index contributed by atoms with van der Waals surface area (Å²) in [5.41, 5.74) is 2.70. The van der Waals surface area contributed by atoms with E-state index in [4.69, 9.17) is 0 Å². The monoisotopic (exact) mass is 291 g/mol. The Bertz CT molecular complexity index is 782. The van der Waals surface area contributed by atoms with Crippen LogP contribution in [-0.4, -0.2) is 16.5 Å². The molecule has 0 amide bonds. The molecule has 3 aromatic rings. The summed E-state index contributed by atoms with van der Waals surface area (Å²) in [4.78, 5) is 19.2. The zero-order valence-corrected chi connectivity index (χ0v) is 12.1. The molecule has 0 fully saturated rings. The molecule has 4 nitrogen and oxygen atoms in total. The lowest BCUT2D eigenvalue weighted by Gasteiger charge is -2.06. The number of nitrogens with zero attached hydrogens (tertiary/aromatic N) is 1. The highest BCUT2D eigenvalue weighted by Gasteiger charge is 2.04. The maximum Gasteiger partial charge on any atom is 0.291 e. The van der Waals surface area contributed by atoms with E-state index in [1.165, 1.54) is 5.56 Å². The molecular formula is C18H17N3O. The molecule has 0 radical (unpaired) electrons. The van der Waals surface area contributed by atoms with Gasteiger partial charge in [-0.1, -0.05) is 60.7 Å². The largest absolute Gasteiger partial charge is 0.365 e. The van der Waals surface area contributed by atoms with Gasteiger partial charge in [0.2, 0.25) is 0 Å². The van der Waals surface area contributed by atoms with Crippen molar-refractivity contribution in [2.24, 2.45) is 0 Å². The average molecular weight is 291 g/mol. The Balaban J connectivity index is 1.67. The second-order valence-electron chi connectivity index (χ2n) is 5.00. The van der Waals surface area contributed by atoms with Crippen molar-refractivity contribution in [2.75, 3.05) is 11.9 Å². The van der Waals surface area contributed by atoms with Gasteiger partial charge >= 0.3 is 0 Å². The molecule has 0 aliphatic rings. The van der Waals surface area contributed by atoms with E-state index in [0.717, 1.165) is 17.7 Å².